The van der Waals surface area contributed by atoms with Gasteiger partial charge < -0.3 is 18.8 Å². The molecular formula is C31H32Cl2N2O6S. The molecule has 0 amide bonds. The van der Waals surface area contributed by atoms with Gasteiger partial charge in [0.15, 0.2) is 0 Å². The summed E-state index contributed by atoms with van der Waals surface area (Å²) in [5.74, 6) is 0.105. The van der Waals surface area contributed by atoms with Crippen LogP contribution in [-0.2, 0) is 24.3 Å². The molecule has 1 saturated heterocycles. The smallest absolute Gasteiger partial charge is 0.327 e. The van der Waals surface area contributed by atoms with Gasteiger partial charge in [-0.15, -0.1) is 0 Å². The molecule has 222 valence electrons. The zero-order valence-electron chi connectivity index (χ0n) is 23.5. The van der Waals surface area contributed by atoms with E-state index >= 15 is 0 Å². The van der Waals surface area contributed by atoms with Crippen molar-refractivity contribution in [2.45, 2.75) is 50.2 Å². The third kappa shape index (κ3) is 7.03. The average molecular weight is 632 g/mol. The lowest BCUT2D eigenvalue weighted by Crippen LogP contribution is -2.39. The number of halogens is 2. The van der Waals surface area contributed by atoms with Crippen LogP contribution in [0.3, 0.4) is 0 Å². The van der Waals surface area contributed by atoms with Crippen LogP contribution in [0.25, 0.3) is 16.6 Å². The van der Waals surface area contributed by atoms with E-state index in [1.165, 1.54) is 18.2 Å². The number of ether oxygens (including phenoxy) is 3. The second-order valence-electron chi connectivity index (χ2n) is 11.1. The molecule has 0 spiro atoms. The van der Waals surface area contributed by atoms with Crippen molar-refractivity contribution in [1.82, 2.24) is 4.57 Å². The van der Waals surface area contributed by atoms with Gasteiger partial charge in [-0.3, -0.25) is 9.10 Å². The van der Waals surface area contributed by atoms with Crippen molar-refractivity contribution >= 4 is 55.8 Å². The Kier molecular flexibility index (Phi) is 8.76. The summed E-state index contributed by atoms with van der Waals surface area (Å²) in [5.41, 5.74) is 1.28. The first-order chi connectivity index (χ1) is 19.9. The molecule has 0 N–H and O–H groups in total. The molecule has 1 aliphatic heterocycles. The van der Waals surface area contributed by atoms with Crippen LogP contribution < -0.4 is 9.04 Å². The van der Waals surface area contributed by atoms with Crippen LogP contribution in [0.5, 0.6) is 5.75 Å². The molecule has 2 heterocycles. The highest BCUT2D eigenvalue weighted by atomic mass is 35.5. The van der Waals surface area contributed by atoms with Gasteiger partial charge in [-0.05, 0) is 87.5 Å². The number of benzene rings is 3. The number of carbonyl (C=O) groups excluding carboxylic acids is 1. The van der Waals surface area contributed by atoms with Gasteiger partial charge in [0.2, 0.25) is 0 Å². The predicted octanol–water partition coefficient (Wildman–Crippen LogP) is 7.03. The molecule has 1 aliphatic rings. The molecule has 5 rings (SSSR count). The summed E-state index contributed by atoms with van der Waals surface area (Å²) in [6.07, 6.45) is 3.80. The average Bonchev–Trinajstić information content (AvgIpc) is 3.34. The highest BCUT2D eigenvalue weighted by molar-refractivity contribution is 7.92. The van der Waals surface area contributed by atoms with Crippen LogP contribution >= 0.6 is 23.2 Å². The van der Waals surface area contributed by atoms with E-state index in [2.05, 4.69) is 0 Å². The Bertz CT molecular complexity index is 1670. The number of rotatable bonds is 8. The molecule has 4 aromatic rings. The Labute approximate surface area is 255 Å². The molecule has 0 atom stereocenters. The van der Waals surface area contributed by atoms with Crippen LogP contribution in [0.4, 0.5) is 5.69 Å². The Hall–Kier alpha value is -3.24. The molecule has 1 aromatic heterocycles. The van der Waals surface area contributed by atoms with Gasteiger partial charge in [0.25, 0.3) is 10.0 Å². The summed E-state index contributed by atoms with van der Waals surface area (Å²) in [4.78, 5) is 12.7. The number of fused-ring (bicyclic) bond motifs is 1. The van der Waals surface area contributed by atoms with Gasteiger partial charge in [0.1, 0.15) is 24.0 Å². The molecule has 11 heteroatoms. The molecule has 0 unspecified atom stereocenters. The lowest BCUT2D eigenvalue weighted by atomic mass is 10.1. The van der Waals surface area contributed by atoms with Crippen molar-refractivity contribution in [3.63, 3.8) is 0 Å². The van der Waals surface area contributed by atoms with E-state index in [9.17, 15) is 13.2 Å². The zero-order valence-corrected chi connectivity index (χ0v) is 25.9. The summed E-state index contributed by atoms with van der Waals surface area (Å²) < 4.78 is 47.7. The monoisotopic (exact) mass is 630 g/mol. The summed E-state index contributed by atoms with van der Waals surface area (Å²) >= 11 is 12.2. The number of hydrogen-bond acceptors (Lipinski definition) is 6. The standard InChI is InChI=1S/C31H32Cl2N2O6S/c1-31(2,3)41-30(36)20-35(42(37,38)28-18-22(32)17-23(33)19-28)25-6-9-29-21(16-25)10-13-34(29)24-4-7-26(8-5-24)40-27-11-14-39-15-12-27/h4-10,13,16-19,27H,11-12,14-15,20H2,1-3H3. The van der Waals surface area contributed by atoms with Crippen LogP contribution in [0.1, 0.15) is 33.6 Å². The lowest BCUT2D eigenvalue weighted by Gasteiger charge is -2.26. The van der Waals surface area contributed by atoms with Crippen molar-refractivity contribution in [1.29, 1.82) is 0 Å². The zero-order chi connectivity index (χ0) is 30.1. The number of aromatic nitrogens is 1. The van der Waals surface area contributed by atoms with Crippen molar-refractivity contribution < 1.29 is 27.4 Å². The summed E-state index contributed by atoms with van der Waals surface area (Å²) in [7, 11) is -4.25. The van der Waals surface area contributed by atoms with Gasteiger partial charge in [-0.2, -0.15) is 0 Å². The van der Waals surface area contributed by atoms with Gasteiger partial charge in [0.05, 0.1) is 29.3 Å². The van der Waals surface area contributed by atoms with Crippen LogP contribution in [0, 0.1) is 0 Å². The molecule has 8 nitrogen and oxygen atoms in total. The normalized spacial score (nSPS) is 14.6. The van der Waals surface area contributed by atoms with Gasteiger partial charge >= 0.3 is 5.97 Å². The molecule has 0 aliphatic carbocycles. The van der Waals surface area contributed by atoms with Gasteiger partial charge in [0, 0.05) is 40.2 Å². The maximum atomic E-state index is 13.9. The first-order valence-electron chi connectivity index (χ1n) is 13.6. The molecule has 42 heavy (non-hydrogen) atoms. The Balaban J connectivity index is 1.46. The van der Waals surface area contributed by atoms with Crippen molar-refractivity contribution in [2.24, 2.45) is 0 Å². The molecule has 3 aromatic carbocycles. The highest BCUT2D eigenvalue weighted by Crippen LogP contribution is 2.32. The fraction of sp³-hybridized carbons (Fsp3) is 0.323. The number of anilines is 1. The van der Waals surface area contributed by atoms with E-state index in [4.69, 9.17) is 37.4 Å². The molecule has 0 radical (unpaired) electrons. The number of nitrogens with zero attached hydrogens (tertiary/aromatic N) is 2. The van der Waals surface area contributed by atoms with E-state index in [0.717, 1.165) is 39.5 Å². The fourth-order valence-corrected chi connectivity index (χ4v) is 6.92. The highest BCUT2D eigenvalue weighted by Gasteiger charge is 2.30. The SMILES string of the molecule is CC(C)(C)OC(=O)CN(c1ccc2c(ccn2-c2ccc(OC3CCOCC3)cc2)c1)S(=O)(=O)c1cc(Cl)cc(Cl)c1. The molecule has 0 bridgehead atoms. The van der Waals surface area contributed by atoms with Crippen molar-refractivity contribution in [2.75, 3.05) is 24.1 Å². The number of carbonyl (C=O) groups is 1. The Morgan fingerprint density at radius 1 is 0.976 bits per heavy atom. The second kappa shape index (κ2) is 12.2. The fourth-order valence-electron chi connectivity index (χ4n) is 4.79. The van der Waals surface area contributed by atoms with Crippen LogP contribution in [0.15, 0.2) is 77.8 Å². The minimum absolute atomic E-state index is 0.135. The molecular weight excluding hydrogens is 599 g/mol. The Morgan fingerprint density at radius 2 is 1.64 bits per heavy atom. The first-order valence-corrected chi connectivity index (χ1v) is 15.8. The largest absolute Gasteiger partial charge is 0.490 e. The van der Waals surface area contributed by atoms with Crippen molar-refractivity contribution in [3.05, 3.63) is 83.0 Å². The number of sulfonamides is 1. The van der Waals surface area contributed by atoms with Gasteiger partial charge in [-0.25, -0.2) is 8.42 Å². The van der Waals surface area contributed by atoms with E-state index in [0.29, 0.717) is 18.9 Å². The quantitative estimate of drug-likeness (QED) is 0.194. The van der Waals surface area contributed by atoms with E-state index in [1.807, 2.05) is 47.2 Å². The van der Waals surface area contributed by atoms with E-state index < -0.39 is 28.1 Å². The minimum Gasteiger partial charge on any atom is -0.490 e. The van der Waals surface area contributed by atoms with Crippen molar-refractivity contribution in [3.8, 4) is 11.4 Å². The summed E-state index contributed by atoms with van der Waals surface area (Å²) in [5, 5.41) is 1.11. The maximum absolute atomic E-state index is 13.9. The van der Waals surface area contributed by atoms with Gasteiger partial charge in [-0.1, -0.05) is 23.2 Å². The topological polar surface area (TPSA) is 87.1 Å². The summed E-state index contributed by atoms with van der Waals surface area (Å²) in [6, 6.07) is 19.0. The third-order valence-corrected chi connectivity index (χ3v) is 8.85. The predicted molar refractivity (Wildman–Crippen MR) is 165 cm³/mol. The molecule has 0 saturated carbocycles. The third-order valence-electron chi connectivity index (χ3n) is 6.66. The van der Waals surface area contributed by atoms with E-state index in [1.54, 1.807) is 32.9 Å². The number of esters is 1. The second-order valence-corrected chi connectivity index (χ2v) is 13.8. The lowest BCUT2D eigenvalue weighted by molar-refractivity contribution is -0.152. The van der Waals surface area contributed by atoms with Crippen LogP contribution in [-0.4, -0.2) is 50.4 Å². The number of hydrogen-bond donors (Lipinski definition) is 0. The van der Waals surface area contributed by atoms with Crippen LogP contribution in [0.2, 0.25) is 10.0 Å². The Morgan fingerprint density at radius 3 is 2.29 bits per heavy atom. The molecule has 1 fully saturated rings. The first kappa shape index (κ1) is 30.2. The van der Waals surface area contributed by atoms with E-state index in [-0.39, 0.29) is 21.0 Å². The summed E-state index contributed by atoms with van der Waals surface area (Å²) in [6.45, 7) is 6.05. The maximum Gasteiger partial charge on any atom is 0.327 e. The minimum atomic E-state index is -4.25.